The third-order valence-electron chi connectivity index (χ3n) is 5.14. The standard InChI is InChI=1S/C22H23N3O6S/c1-15-4-9-20-24-17(11-21(26)25(20)13-15)14-31-22(27)16-5-7-19(8-6-16)32(28,29)23-12-18-3-2-10-30-18/h4-9,11,13,18,23H,2-3,10,12,14H2,1H3/t18-/m1/s1. The van der Waals surface area contributed by atoms with Crippen molar-refractivity contribution in [3.8, 4) is 0 Å². The van der Waals surface area contributed by atoms with Crippen molar-refractivity contribution in [1.29, 1.82) is 0 Å². The van der Waals surface area contributed by atoms with E-state index in [9.17, 15) is 18.0 Å². The summed E-state index contributed by atoms with van der Waals surface area (Å²) in [4.78, 5) is 29.0. The molecule has 32 heavy (non-hydrogen) atoms. The first-order valence-electron chi connectivity index (χ1n) is 10.2. The van der Waals surface area contributed by atoms with Gasteiger partial charge in [-0.05, 0) is 55.7 Å². The van der Waals surface area contributed by atoms with Gasteiger partial charge in [0.15, 0.2) is 0 Å². The van der Waals surface area contributed by atoms with Crippen LogP contribution in [0, 0.1) is 6.92 Å². The average molecular weight is 458 g/mol. The Morgan fingerprint density at radius 3 is 2.75 bits per heavy atom. The number of aromatic nitrogens is 2. The van der Waals surface area contributed by atoms with E-state index in [0.29, 0.717) is 17.9 Å². The summed E-state index contributed by atoms with van der Waals surface area (Å²) in [7, 11) is -3.70. The molecule has 3 heterocycles. The summed E-state index contributed by atoms with van der Waals surface area (Å²) in [6.07, 6.45) is 3.32. The summed E-state index contributed by atoms with van der Waals surface area (Å²) in [5, 5.41) is 0. The van der Waals surface area contributed by atoms with Crippen LogP contribution in [0.2, 0.25) is 0 Å². The molecule has 0 spiro atoms. The number of carbonyl (C=O) groups is 1. The van der Waals surface area contributed by atoms with Gasteiger partial charge in [0.1, 0.15) is 12.3 Å². The monoisotopic (exact) mass is 457 g/mol. The van der Waals surface area contributed by atoms with Crippen LogP contribution in [0.4, 0.5) is 0 Å². The molecule has 2 aromatic heterocycles. The topological polar surface area (TPSA) is 116 Å². The van der Waals surface area contributed by atoms with Crippen molar-refractivity contribution >= 4 is 21.6 Å². The van der Waals surface area contributed by atoms with Crippen LogP contribution in [-0.2, 0) is 26.1 Å². The van der Waals surface area contributed by atoms with Gasteiger partial charge in [-0.1, -0.05) is 6.07 Å². The fraction of sp³-hybridized carbons (Fsp3) is 0.318. The highest BCUT2D eigenvalue weighted by molar-refractivity contribution is 7.89. The molecule has 0 amide bonds. The van der Waals surface area contributed by atoms with Crippen molar-refractivity contribution in [3.05, 3.63) is 75.8 Å². The van der Waals surface area contributed by atoms with Crippen LogP contribution in [0.1, 0.15) is 34.5 Å². The quantitative estimate of drug-likeness (QED) is 0.538. The maximum absolute atomic E-state index is 12.4. The molecule has 168 valence electrons. The number of nitrogens with zero attached hydrogens (tertiary/aromatic N) is 2. The number of nitrogens with one attached hydrogen (secondary N) is 1. The van der Waals surface area contributed by atoms with Gasteiger partial charge in [-0.2, -0.15) is 0 Å². The van der Waals surface area contributed by atoms with E-state index in [1.165, 1.54) is 34.7 Å². The minimum absolute atomic E-state index is 0.0477. The molecule has 9 nitrogen and oxygen atoms in total. The lowest BCUT2D eigenvalue weighted by Gasteiger charge is -2.11. The molecule has 1 atom stereocenters. The van der Waals surface area contributed by atoms with E-state index in [1.54, 1.807) is 12.3 Å². The molecule has 10 heteroatoms. The van der Waals surface area contributed by atoms with Crippen LogP contribution >= 0.6 is 0 Å². The number of aryl methyl sites for hydroxylation is 1. The van der Waals surface area contributed by atoms with Crippen molar-refractivity contribution < 1.29 is 22.7 Å². The molecule has 0 radical (unpaired) electrons. The number of pyridine rings is 1. The summed E-state index contributed by atoms with van der Waals surface area (Å²) >= 11 is 0. The summed E-state index contributed by atoms with van der Waals surface area (Å²) in [5.74, 6) is -0.646. The molecule has 1 N–H and O–H groups in total. The summed E-state index contributed by atoms with van der Waals surface area (Å²) in [5.41, 5.74) is 1.63. The fourth-order valence-electron chi connectivity index (χ4n) is 3.42. The van der Waals surface area contributed by atoms with Gasteiger partial charge in [0.2, 0.25) is 10.0 Å². The Hall–Kier alpha value is -3.08. The van der Waals surface area contributed by atoms with Crippen molar-refractivity contribution in [1.82, 2.24) is 14.1 Å². The highest BCUT2D eigenvalue weighted by Gasteiger charge is 2.20. The maximum Gasteiger partial charge on any atom is 0.338 e. The number of rotatable bonds is 7. The Morgan fingerprint density at radius 2 is 2.03 bits per heavy atom. The average Bonchev–Trinajstić information content (AvgIpc) is 3.31. The minimum Gasteiger partial charge on any atom is -0.456 e. The number of sulfonamides is 1. The van der Waals surface area contributed by atoms with Gasteiger partial charge in [-0.3, -0.25) is 9.20 Å². The van der Waals surface area contributed by atoms with Gasteiger partial charge in [-0.15, -0.1) is 0 Å². The zero-order chi connectivity index (χ0) is 22.7. The summed E-state index contributed by atoms with van der Waals surface area (Å²) in [6.45, 7) is 2.55. The number of hydrogen-bond donors (Lipinski definition) is 1. The van der Waals surface area contributed by atoms with E-state index in [-0.39, 0.29) is 35.3 Å². The number of hydrogen-bond acceptors (Lipinski definition) is 7. The second-order valence-electron chi connectivity index (χ2n) is 7.61. The second kappa shape index (κ2) is 9.19. The van der Waals surface area contributed by atoms with Gasteiger partial charge in [-0.25, -0.2) is 22.9 Å². The largest absolute Gasteiger partial charge is 0.456 e. The summed E-state index contributed by atoms with van der Waals surface area (Å²) < 4.78 is 39.5. The first-order chi connectivity index (χ1) is 15.3. The number of benzene rings is 1. The Morgan fingerprint density at radius 1 is 1.25 bits per heavy atom. The zero-order valence-electron chi connectivity index (χ0n) is 17.5. The van der Waals surface area contributed by atoms with Crippen molar-refractivity contribution in [2.24, 2.45) is 0 Å². The van der Waals surface area contributed by atoms with E-state index in [4.69, 9.17) is 9.47 Å². The van der Waals surface area contributed by atoms with Crippen LogP contribution in [0.25, 0.3) is 5.65 Å². The van der Waals surface area contributed by atoms with Crippen LogP contribution in [-0.4, -0.2) is 43.0 Å². The molecular weight excluding hydrogens is 434 g/mol. The van der Waals surface area contributed by atoms with Gasteiger partial charge < -0.3 is 9.47 Å². The Kier molecular flexibility index (Phi) is 6.35. The fourth-order valence-corrected chi connectivity index (χ4v) is 4.48. The van der Waals surface area contributed by atoms with E-state index in [2.05, 4.69) is 9.71 Å². The molecule has 0 bridgehead atoms. The Labute approximate surface area is 185 Å². The zero-order valence-corrected chi connectivity index (χ0v) is 18.3. The van der Waals surface area contributed by atoms with Gasteiger partial charge >= 0.3 is 5.97 Å². The molecule has 1 fully saturated rings. The van der Waals surface area contributed by atoms with Crippen LogP contribution < -0.4 is 10.3 Å². The molecule has 0 aliphatic carbocycles. The Balaban J connectivity index is 1.39. The SMILES string of the molecule is Cc1ccc2nc(COC(=O)c3ccc(S(=O)(=O)NC[C@H]4CCCO4)cc3)cc(=O)n2c1. The molecule has 1 aliphatic rings. The summed E-state index contributed by atoms with van der Waals surface area (Å²) in [6, 6.07) is 10.3. The van der Waals surface area contributed by atoms with Crippen LogP contribution in [0.15, 0.2) is 58.4 Å². The van der Waals surface area contributed by atoms with E-state index in [0.717, 1.165) is 18.4 Å². The predicted octanol–water partition coefficient (Wildman–Crippen LogP) is 1.82. The van der Waals surface area contributed by atoms with Crippen LogP contribution in [0.5, 0.6) is 0 Å². The molecule has 0 saturated carbocycles. The van der Waals surface area contributed by atoms with Gasteiger partial charge in [0.25, 0.3) is 5.56 Å². The third kappa shape index (κ3) is 5.04. The molecule has 0 unspecified atom stereocenters. The molecule has 3 aromatic rings. The number of carbonyl (C=O) groups excluding carboxylic acids is 1. The van der Waals surface area contributed by atoms with Crippen molar-refractivity contribution in [2.75, 3.05) is 13.2 Å². The highest BCUT2D eigenvalue weighted by Crippen LogP contribution is 2.15. The van der Waals surface area contributed by atoms with Gasteiger partial charge in [0.05, 0.1) is 22.3 Å². The lowest BCUT2D eigenvalue weighted by Crippen LogP contribution is -2.31. The van der Waals surface area contributed by atoms with E-state index < -0.39 is 16.0 Å². The van der Waals surface area contributed by atoms with Crippen LogP contribution in [0.3, 0.4) is 0 Å². The molecule has 1 aromatic carbocycles. The lowest BCUT2D eigenvalue weighted by atomic mass is 10.2. The molecule has 1 aliphatic heterocycles. The number of fused-ring (bicyclic) bond motifs is 1. The molecule has 4 rings (SSSR count). The third-order valence-corrected chi connectivity index (χ3v) is 6.58. The highest BCUT2D eigenvalue weighted by atomic mass is 32.2. The van der Waals surface area contributed by atoms with Crippen molar-refractivity contribution in [2.45, 2.75) is 37.4 Å². The molecule has 1 saturated heterocycles. The Bertz CT molecular complexity index is 1300. The predicted molar refractivity (Wildman–Crippen MR) is 116 cm³/mol. The lowest BCUT2D eigenvalue weighted by molar-refractivity contribution is 0.0467. The smallest absolute Gasteiger partial charge is 0.338 e. The first kappa shape index (κ1) is 22.1. The van der Waals surface area contributed by atoms with E-state index in [1.807, 2.05) is 13.0 Å². The normalized spacial score (nSPS) is 16.3. The minimum atomic E-state index is -3.70. The van der Waals surface area contributed by atoms with Crippen molar-refractivity contribution in [3.63, 3.8) is 0 Å². The van der Waals surface area contributed by atoms with E-state index >= 15 is 0 Å². The number of ether oxygens (including phenoxy) is 2. The number of esters is 1. The second-order valence-corrected chi connectivity index (χ2v) is 9.37. The first-order valence-corrected chi connectivity index (χ1v) is 11.7. The van der Waals surface area contributed by atoms with Gasteiger partial charge in [0, 0.05) is 25.4 Å². The maximum atomic E-state index is 12.4. The molecular formula is C22H23N3O6S.